The van der Waals surface area contributed by atoms with Crippen molar-refractivity contribution in [2.45, 2.75) is 38.4 Å². The van der Waals surface area contributed by atoms with Gasteiger partial charge in [0, 0.05) is 6.42 Å². The Kier molecular flexibility index (Phi) is 6.60. The van der Waals surface area contributed by atoms with Crippen LogP contribution in [0.5, 0.6) is 5.75 Å². The topological polar surface area (TPSA) is 63.6 Å². The predicted molar refractivity (Wildman–Crippen MR) is 70.7 cm³/mol. The van der Waals surface area contributed by atoms with Gasteiger partial charge in [0.1, 0.15) is 5.75 Å². The molecule has 1 aromatic rings. The lowest BCUT2D eigenvalue weighted by Gasteiger charge is -2.04. The Morgan fingerprint density at radius 2 is 1.94 bits per heavy atom. The molecule has 100 valence electrons. The minimum absolute atomic E-state index is 0.0880. The summed E-state index contributed by atoms with van der Waals surface area (Å²) in [4.78, 5) is 11.4. The zero-order chi connectivity index (χ0) is 13.4. The molecule has 0 saturated carbocycles. The van der Waals surface area contributed by atoms with Crippen molar-refractivity contribution in [2.24, 2.45) is 0 Å². The van der Waals surface area contributed by atoms with E-state index in [1.807, 2.05) is 0 Å². The highest BCUT2D eigenvalue weighted by Crippen LogP contribution is 2.14. The molecule has 0 radical (unpaired) electrons. The molecular formula is C13H18O4S. The van der Waals surface area contributed by atoms with Gasteiger partial charge in [0.15, 0.2) is 11.1 Å². The van der Waals surface area contributed by atoms with Crippen molar-refractivity contribution < 1.29 is 18.3 Å². The van der Waals surface area contributed by atoms with Gasteiger partial charge in [-0.15, -0.1) is 0 Å². The molecule has 0 aromatic heterocycles. The monoisotopic (exact) mass is 270 g/mol. The molecule has 0 saturated heterocycles. The first-order valence-electron chi connectivity index (χ1n) is 5.99. The van der Waals surface area contributed by atoms with E-state index in [0.717, 1.165) is 24.8 Å². The van der Waals surface area contributed by atoms with Gasteiger partial charge in [-0.3, -0.25) is 4.79 Å². The molecule has 0 bridgehead atoms. The fourth-order valence-electron chi connectivity index (χ4n) is 1.50. The normalized spacial score (nSPS) is 12.1. The van der Waals surface area contributed by atoms with Gasteiger partial charge in [-0.25, -0.2) is 4.21 Å². The van der Waals surface area contributed by atoms with Crippen LogP contribution in [0.2, 0.25) is 0 Å². The van der Waals surface area contributed by atoms with Crippen molar-refractivity contribution in [1.82, 2.24) is 0 Å². The zero-order valence-electron chi connectivity index (χ0n) is 10.4. The van der Waals surface area contributed by atoms with Crippen molar-refractivity contribution in [1.29, 1.82) is 0 Å². The SMILES string of the molecule is CCCCCC(=O)Oc1ccc(CS(=O)O)cc1. The Morgan fingerprint density at radius 1 is 1.28 bits per heavy atom. The van der Waals surface area contributed by atoms with Crippen LogP contribution < -0.4 is 4.74 Å². The van der Waals surface area contributed by atoms with Gasteiger partial charge >= 0.3 is 5.97 Å². The Labute approximate surface area is 110 Å². The molecular weight excluding hydrogens is 252 g/mol. The molecule has 0 fully saturated rings. The third-order valence-electron chi connectivity index (χ3n) is 2.43. The number of unbranched alkanes of at least 4 members (excludes halogenated alkanes) is 2. The van der Waals surface area contributed by atoms with Gasteiger partial charge < -0.3 is 9.29 Å². The average molecular weight is 270 g/mol. The standard InChI is InChI=1S/C13H18O4S/c1-2-3-4-5-13(14)17-12-8-6-11(7-9-12)10-18(15)16/h6-9H,2-5,10H2,1H3,(H,15,16). The number of hydrogen-bond donors (Lipinski definition) is 1. The van der Waals surface area contributed by atoms with Gasteiger partial charge in [-0.05, 0) is 24.1 Å². The summed E-state index contributed by atoms with van der Waals surface area (Å²) in [6.07, 6.45) is 3.36. The van der Waals surface area contributed by atoms with Crippen LogP contribution in [-0.4, -0.2) is 14.7 Å². The van der Waals surface area contributed by atoms with Crippen LogP contribution in [0.25, 0.3) is 0 Å². The molecule has 0 heterocycles. The summed E-state index contributed by atoms with van der Waals surface area (Å²) in [6.45, 7) is 2.08. The Hall–Kier alpha value is -1.20. The maximum absolute atomic E-state index is 11.4. The molecule has 0 aliphatic heterocycles. The molecule has 4 nitrogen and oxygen atoms in total. The van der Waals surface area contributed by atoms with E-state index in [1.165, 1.54) is 0 Å². The predicted octanol–water partition coefficient (Wildman–Crippen LogP) is 2.89. The fraction of sp³-hybridized carbons (Fsp3) is 0.462. The summed E-state index contributed by atoms with van der Waals surface area (Å²) in [5, 5.41) is 0. The Balaban J connectivity index is 2.43. The van der Waals surface area contributed by atoms with E-state index >= 15 is 0 Å². The summed E-state index contributed by atoms with van der Waals surface area (Å²) in [7, 11) is 0. The molecule has 1 aromatic carbocycles. The molecule has 5 heteroatoms. The second kappa shape index (κ2) is 8.00. The molecule has 1 N–H and O–H groups in total. The van der Waals surface area contributed by atoms with Crippen LogP contribution in [-0.2, 0) is 21.6 Å². The third kappa shape index (κ3) is 5.93. The molecule has 0 spiro atoms. The molecule has 0 amide bonds. The van der Waals surface area contributed by atoms with E-state index < -0.39 is 11.1 Å². The summed E-state index contributed by atoms with van der Waals surface area (Å²) in [5.74, 6) is 0.330. The van der Waals surface area contributed by atoms with E-state index in [2.05, 4.69) is 6.92 Å². The first-order chi connectivity index (χ1) is 8.61. The van der Waals surface area contributed by atoms with Crippen LogP contribution in [0, 0.1) is 0 Å². The van der Waals surface area contributed by atoms with Gasteiger partial charge in [-0.1, -0.05) is 31.9 Å². The Bertz CT molecular complexity index is 400. The molecule has 0 aliphatic carbocycles. The van der Waals surface area contributed by atoms with Crippen LogP contribution in [0.3, 0.4) is 0 Å². The highest BCUT2D eigenvalue weighted by molar-refractivity contribution is 7.78. The first kappa shape index (κ1) is 14.9. The maximum atomic E-state index is 11.4. The number of carbonyl (C=O) groups is 1. The minimum atomic E-state index is -1.85. The summed E-state index contributed by atoms with van der Waals surface area (Å²) in [6, 6.07) is 6.64. The third-order valence-corrected chi connectivity index (χ3v) is 3.01. The highest BCUT2D eigenvalue weighted by atomic mass is 32.2. The number of hydrogen-bond acceptors (Lipinski definition) is 3. The van der Waals surface area contributed by atoms with Gasteiger partial charge in [0.05, 0.1) is 5.75 Å². The van der Waals surface area contributed by atoms with E-state index in [-0.39, 0.29) is 11.7 Å². The zero-order valence-corrected chi connectivity index (χ0v) is 11.2. The largest absolute Gasteiger partial charge is 0.427 e. The second-order valence-electron chi connectivity index (χ2n) is 4.04. The Morgan fingerprint density at radius 3 is 2.50 bits per heavy atom. The first-order valence-corrected chi connectivity index (χ1v) is 7.26. The summed E-state index contributed by atoms with van der Waals surface area (Å²) < 4.78 is 24.5. The van der Waals surface area contributed by atoms with Gasteiger partial charge in [0.2, 0.25) is 0 Å². The minimum Gasteiger partial charge on any atom is -0.427 e. The quantitative estimate of drug-likeness (QED) is 0.358. The van der Waals surface area contributed by atoms with Crippen molar-refractivity contribution >= 4 is 17.0 Å². The smallest absolute Gasteiger partial charge is 0.311 e. The second-order valence-corrected chi connectivity index (χ2v) is 4.97. The van der Waals surface area contributed by atoms with Crippen LogP contribution in [0.4, 0.5) is 0 Å². The van der Waals surface area contributed by atoms with Crippen molar-refractivity contribution in [3.8, 4) is 5.75 Å². The van der Waals surface area contributed by atoms with Crippen LogP contribution >= 0.6 is 0 Å². The molecule has 1 atom stereocenters. The van der Waals surface area contributed by atoms with Gasteiger partial charge in [0.25, 0.3) is 0 Å². The lowest BCUT2D eigenvalue weighted by molar-refractivity contribution is -0.134. The van der Waals surface area contributed by atoms with Crippen LogP contribution in [0.1, 0.15) is 38.2 Å². The number of rotatable bonds is 7. The molecule has 1 rings (SSSR count). The van der Waals surface area contributed by atoms with Gasteiger partial charge in [-0.2, -0.15) is 0 Å². The van der Waals surface area contributed by atoms with Crippen molar-refractivity contribution in [3.63, 3.8) is 0 Å². The fourth-order valence-corrected chi connectivity index (χ4v) is 1.98. The maximum Gasteiger partial charge on any atom is 0.311 e. The number of esters is 1. The number of ether oxygens (including phenoxy) is 1. The summed E-state index contributed by atoms with van der Waals surface area (Å²) >= 11 is -1.85. The van der Waals surface area contributed by atoms with E-state index in [9.17, 15) is 9.00 Å². The highest BCUT2D eigenvalue weighted by Gasteiger charge is 2.05. The summed E-state index contributed by atoms with van der Waals surface area (Å²) in [5.41, 5.74) is 0.738. The van der Waals surface area contributed by atoms with Crippen molar-refractivity contribution in [2.75, 3.05) is 0 Å². The lowest BCUT2D eigenvalue weighted by Crippen LogP contribution is -2.07. The van der Waals surface area contributed by atoms with E-state index in [4.69, 9.17) is 9.29 Å². The molecule has 1 unspecified atom stereocenters. The lowest BCUT2D eigenvalue weighted by atomic mass is 10.2. The van der Waals surface area contributed by atoms with E-state index in [0.29, 0.717) is 12.2 Å². The number of benzene rings is 1. The average Bonchev–Trinajstić information content (AvgIpc) is 2.31. The van der Waals surface area contributed by atoms with E-state index in [1.54, 1.807) is 24.3 Å². The van der Waals surface area contributed by atoms with Crippen molar-refractivity contribution in [3.05, 3.63) is 29.8 Å². The molecule has 0 aliphatic rings. The van der Waals surface area contributed by atoms with Crippen LogP contribution in [0.15, 0.2) is 24.3 Å². The number of carbonyl (C=O) groups excluding carboxylic acids is 1. The molecule has 18 heavy (non-hydrogen) atoms.